The summed E-state index contributed by atoms with van der Waals surface area (Å²) in [6.07, 6.45) is 1.94. The fourth-order valence-corrected chi connectivity index (χ4v) is 3.20. The van der Waals surface area contributed by atoms with Crippen LogP contribution < -0.4 is 4.74 Å². The van der Waals surface area contributed by atoms with Crippen molar-refractivity contribution >= 4 is 27.5 Å². The van der Waals surface area contributed by atoms with Crippen LogP contribution in [0.1, 0.15) is 12.5 Å². The Morgan fingerprint density at radius 2 is 2.14 bits per heavy atom. The quantitative estimate of drug-likeness (QED) is 0.401. The summed E-state index contributed by atoms with van der Waals surface area (Å²) in [5.74, 6) is 0.139. The second kappa shape index (κ2) is 6.12. The number of fused-ring (bicyclic) bond motifs is 1. The molecule has 0 N–H and O–H groups in total. The van der Waals surface area contributed by atoms with Crippen molar-refractivity contribution in [1.82, 2.24) is 4.98 Å². The topological polar surface area (TPSA) is 39.2 Å². The molecule has 0 atom stereocenters. The molecule has 2 aromatic carbocycles. The second-order valence-corrected chi connectivity index (χ2v) is 5.82. The van der Waals surface area contributed by atoms with Gasteiger partial charge in [0.25, 0.3) is 0 Å². The van der Waals surface area contributed by atoms with Crippen LogP contribution in [0.4, 0.5) is 0 Å². The first-order chi connectivity index (χ1) is 10.7. The van der Waals surface area contributed by atoms with Crippen LogP contribution in [0.5, 0.6) is 5.75 Å². The number of aryl methyl sites for hydroxylation is 1. The molecule has 0 amide bonds. The largest absolute Gasteiger partial charge is 0.423 e. The minimum atomic E-state index is -0.442. The zero-order valence-corrected chi connectivity index (χ0v) is 13.0. The Bertz CT molecular complexity index is 818. The number of nitrogens with zero attached hydrogens (tertiary/aromatic N) is 1. The summed E-state index contributed by atoms with van der Waals surface area (Å²) in [7, 11) is 0. The van der Waals surface area contributed by atoms with Crippen molar-refractivity contribution in [3.8, 4) is 16.3 Å². The lowest BCUT2D eigenvalue weighted by atomic mass is 10.1. The van der Waals surface area contributed by atoms with E-state index in [1.165, 1.54) is 6.08 Å². The number of esters is 1. The van der Waals surface area contributed by atoms with E-state index in [9.17, 15) is 4.79 Å². The Kier molecular flexibility index (Phi) is 4.02. The third kappa shape index (κ3) is 2.78. The van der Waals surface area contributed by atoms with Crippen molar-refractivity contribution in [2.75, 3.05) is 0 Å². The Morgan fingerprint density at radius 3 is 2.86 bits per heavy atom. The van der Waals surface area contributed by atoms with Gasteiger partial charge in [-0.05, 0) is 42.3 Å². The van der Waals surface area contributed by atoms with Crippen molar-refractivity contribution in [3.05, 3.63) is 60.7 Å². The maximum Gasteiger partial charge on any atom is 0.335 e. The summed E-state index contributed by atoms with van der Waals surface area (Å²) in [4.78, 5) is 16.0. The van der Waals surface area contributed by atoms with Gasteiger partial charge in [-0.2, -0.15) is 0 Å². The number of thiazole rings is 1. The van der Waals surface area contributed by atoms with E-state index >= 15 is 0 Å². The van der Waals surface area contributed by atoms with E-state index in [1.54, 1.807) is 11.3 Å². The van der Waals surface area contributed by atoms with Gasteiger partial charge in [-0.15, -0.1) is 11.3 Å². The molecule has 0 saturated carbocycles. The molecule has 0 saturated heterocycles. The molecule has 110 valence electrons. The Hall–Kier alpha value is -2.46. The zero-order valence-electron chi connectivity index (χ0n) is 12.2. The first-order valence-electron chi connectivity index (χ1n) is 7.04. The first-order valence-corrected chi connectivity index (χ1v) is 7.86. The van der Waals surface area contributed by atoms with Crippen molar-refractivity contribution in [2.45, 2.75) is 13.3 Å². The van der Waals surface area contributed by atoms with E-state index in [2.05, 4.69) is 17.6 Å². The summed E-state index contributed by atoms with van der Waals surface area (Å²) >= 11 is 1.66. The molecular formula is C18H15NO2S. The number of aromatic nitrogens is 1. The van der Waals surface area contributed by atoms with Gasteiger partial charge in [0.2, 0.25) is 0 Å². The maximum atomic E-state index is 11.4. The van der Waals surface area contributed by atoms with Crippen LogP contribution in [-0.4, -0.2) is 11.0 Å². The molecule has 0 aliphatic heterocycles. The van der Waals surface area contributed by atoms with Gasteiger partial charge < -0.3 is 4.74 Å². The number of carbonyl (C=O) groups excluding carboxylic acids is 1. The number of benzene rings is 2. The van der Waals surface area contributed by atoms with Gasteiger partial charge in [0.15, 0.2) is 0 Å². The average Bonchev–Trinajstić information content (AvgIpc) is 2.99. The van der Waals surface area contributed by atoms with Crippen LogP contribution in [-0.2, 0) is 11.2 Å². The molecule has 0 aliphatic carbocycles. The molecule has 1 aromatic heterocycles. The van der Waals surface area contributed by atoms with Crippen LogP contribution in [0.25, 0.3) is 20.8 Å². The Morgan fingerprint density at radius 1 is 1.32 bits per heavy atom. The van der Waals surface area contributed by atoms with Crippen molar-refractivity contribution in [2.24, 2.45) is 0 Å². The fraction of sp³-hybridized carbons (Fsp3) is 0.111. The predicted molar refractivity (Wildman–Crippen MR) is 90.3 cm³/mol. The molecule has 0 bridgehead atoms. The van der Waals surface area contributed by atoms with E-state index in [0.29, 0.717) is 5.75 Å². The van der Waals surface area contributed by atoms with Crippen LogP contribution in [0, 0.1) is 0 Å². The zero-order chi connectivity index (χ0) is 15.5. The molecule has 0 unspecified atom stereocenters. The second-order valence-electron chi connectivity index (χ2n) is 4.79. The van der Waals surface area contributed by atoms with E-state index in [0.717, 1.165) is 32.8 Å². The molecule has 0 fully saturated rings. The van der Waals surface area contributed by atoms with Gasteiger partial charge >= 0.3 is 5.97 Å². The van der Waals surface area contributed by atoms with Crippen molar-refractivity contribution < 1.29 is 9.53 Å². The summed E-state index contributed by atoms with van der Waals surface area (Å²) in [5.41, 5.74) is 3.02. The van der Waals surface area contributed by atoms with Gasteiger partial charge in [0.05, 0.1) is 10.2 Å². The number of hydrogen-bond donors (Lipinski definition) is 0. The lowest BCUT2D eigenvalue weighted by Crippen LogP contribution is -2.05. The van der Waals surface area contributed by atoms with E-state index in [4.69, 9.17) is 4.74 Å². The van der Waals surface area contributed by atoms with Gasteiger partial charge in [-0.25, -0.2) is 9.78 Å². The molecule has 22 heavy (non-hydrogen) atoms. The molecule has 1 heterocycles. The third-order valence-electron chi connectivity index (χ3n) is 3.36. The lowest BCUT2D eigenvalue weighted by molar-refractivity contribution is -0.129. The van der Waals surface area contributed by atoms with Crippen LogP contribution in [0.2, 0.25) is 0 Å². The third-order valence-corrected chi connectivity index (χ3v) is 4.44. The lowest BCUT2D eigenvalue weighted by Gasteiger charge is -2.08. The monoisotopic (exact) mass is 309 g/mol. The highest BCUT2D eigenvalue weighted by Crippen LogP contribution is 2.32. The summed E-state index contributed by atoms with van der Waals surface area (Å²) in [6, 6.07) is 13.9. The smallest absolute Gasteiger partial charge is 0.335 e. The molecule has 3 rings (SSSR count). The molecule has 0 spiro atoms. The highest BCUT2D eigenvalue weighted by atomic mass is 32.1. The summed E-state index contributed by atoms with van der Waals surface area (Å²) in [5, 5.41) is 0.970. The fourth-order valence-electron chi connectivity index (χ4n) is 2.23. The molecule has 0 radical (unpaired) electrons. The van der Waals surface area contributed by atoms with E-state index < -0.39 is 5.97 Å². The summed E-state index contributed by atoms with van der Waals surface area (Å²) in [6.45, 7) is 5.45. The molecule has 3 nitrogen and oxygen atoms in total. The first kappa shape index (κ1) is 14.5. The number of ether oxygens (including phenoxy) is 1. The SMILES string of the molecule is C=CC(=O)Oc1ccc(-c2nc3ccccc3s2)cc1CC. The maximum absolute atomic E-state index is 11.4. The molecule has 3 aromatic rings. The normalized spacial score (nSPS) is 10.6. The number of hydrogen-bond acceptors (Lipinski definition) is 4. The Balaban J connectivity index is 2.00. The van der Waals surface area contributed by atoms with Gasteiger partial charge in [-0.1, -0.05) is 25.6 Å². The number of para-hydroxylation sites is 1. The van der Waals surface area contributed by atoms with Gasteiger partial charge in [0.1, 0.15) is 10.8 Å². The minimum absolute atomic E-state index is 0.442. The van der Waals surface area contributed by atoms with Gasteiger partial charge in [0, 0.05) is 11.6 Å². The standard InChI is InChI=1S/C18H15NO2S/c1-3-12-11-13(9-10-15(12)21-17(20)4-2)18-19-14-7-5-6-8-16(14)22-18/h4-11H,2-3H2,1H3. The van der Waals surface area contributed by atoms with Crippen molar-refractivity contribution in [1.29, 1.82) is 0 Å². The molecular weight excluding hydrogens is 294 g/mol. The molecule has 0 aliphatic rings. The highest BCUT2D eigenvalue weighted by molar-refractivity contribution is 7.21. The number of rotatable bonds is 4. The minimum Gasteiger partial charge on any atom is -0.423 e. The summed E-state index contributed by atoms with van der Waals surface area (Å²) < 4.78 is 6.43. The van der Waals surface area contributed by atoms with Crippen LogP contribution in [0.15, 0.2) is 55.1 Å². The van der Waals surface area contributed by atoms with Crippen LogP contribution >= 0.6 is 11.3 Å². The highest BCUT2D eigenvalue weighted by Gasteiger charge is 2.11. The van der Waals surface area contributed by atoms with E-state index in [-0.39, 0.29) is 0 Å². The van der Waals surface area contributed by atoms with Gasteiger partial charge in [-0.3, -0.25) is 0 Å². The average molecular weight is 309 g/mol. The van der Waals surface area contributed by atoms with E-state index in [1.807, 2.05) is 43.3 Å². The predicted octanol–water partition coefficient (Wildman–Crippen LogP) is 4.62. The van der Waals surface area contributed by atoms with Crippen LogP contribution in [0.3, 0.4) is 0 Å². The Labute approximate surface area is 132 Å². The molecule has 4 heteroatoms. The number of carbonyl (C=O) groups is 1. The van der Waals surface area contributed by atoms with Crippen molar-refractivity contribution in [3.63, 3.8) is 0 Å².